The van der Waals surface area contributed by atoms with Crippen LogP contribution in [0.25, 0.3) is 0 Å². The molecule has 0 unspecified atom stereocenters. The van der Waals surface area contributed by atoms with Crippen molar-refractivity contribution in [2.24, 2.45) is 5.29 Å². The fourth-order valence-corrected chi connectivity index (χ4v) is 1.71. The summed E-state index contributed by atoms with van der Waals surface area (Å²) in [4.78, 5) is 16.1. The number of ether oxygens (including phenoxy) is 1. The molecule has 5 nitrogen and oxygen atoms in total. The van der Waals surface area contributed by atoms with Crippen LogP contribution in [0, 0.1) is 4.91 Å². The molecule has 0 fully saturated rings. The normalized spacial score (nSPS) is 10.1. The van der Waals surface area contributed by atoms with Crippen molar-refractivity contribution < 1.29 is 9.57 Å². The van der Waals surface area contributed by atoms with Gasteiger partial charge in [0.05, 0.1) is 18.9 Å². The maximum Gasteiger partial charge on any atom is 0.118 e. The molecule has 2 aromatic carbocycles. The highest BCUT2D eigenvalue weighted by Crippen LogP contribution is 2.14. The van der Waals surface area contributed by atoms with E-state index in [9.17, 15) is 4.91 Å². The van der Waals surface area contributed by atoms with Crippen LogP contribution >= 0.6 is 0 Å². The summed E-state index contributed by atoms with van der Waals surface area (Å²) in [6, 6.07) is 17.0. The van der Waals surface area contributed by atoms with Crippen LogP contribution in [0.5, 0.6) is 5.75 Å². The number of hydroxylamine groups is 1. The molecule has 5 heteroatoms. The van der Waals surface area contributed by atoms with Gasteiger partial charge in [0.15, 0.2) is 0 Å². The molecule has 2 rings (SSSR count). The number of nitroso groups, excluding NO2 is 1. The van der Waals surface area contributed by atoms with Crippen LogP contribution in [0.3, 0.4) is 0 Å². The van der Waals surface area contributed by atoms with Gasteiger partial charge >= 0.3 is 0 Å². The van der Waals surface area contributed by atoms with Gasteiger partial charge in [-0.1, -0.05) is 42.5 Å². The summed E-state index contributed by atoms with van der Waals surface area (Å²) >= 11 is 0. The van der Waals surface area contributed by atoms with Crippen LogP contribution in [0.1, 0.15) is 11.1 Å². The van der Waals surface area contributed by atoms with Gasteiger partial charge in [0, 0.05) is 0 Å². The molecule has 0 saturated heterocycles. The number of rotatable bonds is 7. The van der Waals surface area contributed by atoms with Gasteiger partial charge in [0.1, 0.15) is 12.4 Å². The quantitative estimate of drug-likeness (QED) is 0.573. The second-order valence-electron chi connectivity index (χ2n) is 4.20. The minimum Gasteiger partial charge on any atom is -0.497 e. The zero-order valence-corrected chi connectivity index (χ0v) is 11.2. The van der Waals surface area contributed by atoms with Crippen LogP contribution in [-0.2, 0) is 18.0 Å². The van der Waals surface area contributed by atoms with E-state index < -0.39 is 0 Å². The molecule has 0 radical (unpaired) electrons. The number of methoxy groups -OCH3 is 1. The number of benzene rings is 2. The summed E-state index contributed by atoms with van der Waals surface area (Å²) in [5.41, 5.74) is 1.90. The number of hydrogen-bond acceptors (Lipinski definition) is 4. The lowest BCUT2D eigenvalue weighted by molar-refractivity contribution is -0.178. The lowest BCUT2D eigenvalue weighted by atomic mass is 10.2. The average molecular weight is 272 g/mol. The molecule has 2 aromatic rings. The molecule has 0 atom stereocenters. The second-order valence-corrected chi connectivity index (χ2v) is 4.20. The standard InChI is InChI=1S/C15H16N2O3/c1-19-15-9-7-13(8-10-15)11-17(16-18)20-12-14-5-3-2-4-6-14/h2-10H,11-12H2,1H3. The predicted molar refractivity (Wildman–Crippen MR) is 75.6 cm³/mol. The summed E-state index contributed by atoms with van der Waals surface area (Å²) in [5.74, 6) is 0.768. The lowest BCUT2D eigenvalue weighted by Gasteiger charge is -2.15. The average Bonchev–Trinajstić information content (AvgIpc) is 2.53. The van der Waals surface area contributed by atoms with Crippen LogP contribution in [0.2, 0.25) is 0 Å². The van der Waals surface area contributed by atoms with E-state index in [1.54, 1.807) is 7.11 Å². The first-order chi connectivity index (χ1) is 9.81. The number of nitrogens with zero attached hydrogens (tertiary/aromatic N) is 2. The molecule has 0 N–H and O–H groups in total. The van der Waals surface area contributed by atoms with E-state index in [0.717, 1.165) is 22.0 Å². The topological polar surface area (TPSA) is 51.1 Å². The van der Waals surface area contributed by atoms with Crippen molar-refractivity contribution in [2.75, 3.05) is 7.11 Å². The van der Waals surface area contributed by atoms with Gasteiger partial charge in [-0.2, -0.15) is 0 Å². The van der Waals surface area contributed by atoms with Gasteiger partial charge in [-0.3, -0.25) is 0 Å². The molecule has 20 heavy (non-hydrogen) atoms. The third-order valence-corrected chi connectivity index (χ3v) is 2.79. The highest BCUT2D eigenvalue weighted by Gasteiger charge is 2.06. The Hall–Kier alpha value is -2.40. The van der Waals surface area contributed by atoms with E-state index in [0.29, 0.717) is 13.2 Å². The Balaban J connectivity index is 1.89. The Morgan fingerprint density at radius 3 is 2.30 bits per heavy atom. The molecule has 104 valence electrons. The van der Waals surface area contributed by atoms with E-state index in [1.807, 2.05) is 54.6 Å². The summed E-state index contributed by atoms with van der Waals surface area (Å²) in [7, 11) is 1.61. The molecular weight excluding hydrogens is 256 g/mol. The Bertz CT molecular complexity index is 529. The molecule has 0 aliphatic heterocycles. The highest BCUT2D eigenvalue weighted by atomic mass is 16.7. The second kappa shape index (κ2) is 7.25. The van der Waals surface area contributed by atoms with Gasteiger partial charge in [0.2, 0.25) is 0 Å². The Labute approximate surface area is 117 Å². The zero-order chi connectivity index (χ0) is 14.2. The fourth-order valence-electron chi connectivity index (χ4n) is 1.71. The SMILES string of the molecule is COc1ccc(CN(N=O)OCc2ccccc2)cc1. The first-order valence-electron chi connectivity index (χ1n) is 6.22. The Kier molecular flexibility index (Phi) is 5.08. The van der Waals surface area contributed by atoms with E-state index in [-0.39, 0.29) is 0 Å². The molecule has 0 saturated carbocycles. The summed E-state index contributed by atoms with van der Waals surface area (Å²) < 4.78 is 5.08. The zero-order valence-electron chi connectivity index (χ0n) is 11.2. The van der Waals surface area contributed by atoms with Crippen LogP contribution < -0.4 is 4.74 Å². The van der Waals surface area contributed by atoms with Crippen molar-refractivity contribution in [3.8, 4) is 5.75 Å². The molecule has 0 amide bonds. The monoisotopic (exact) mass is 272 g/mol. The molecule has 0 bridgehead atoms. The molecular formula is C15H16N2O3. The van der Waals surface area contributed by atoms with Crippen molar-refractivity contribution in [1.29, 1.82) is 0 Å². The van der Waals surface area contributed by atoms with Crippen molar-refractivity contribution in [3.63, 3.8) is 0 Å². The molecule has 0 spiro atoms. The molecule has 0 heterocycles. The van der Waals surface area contributed by atoms with Gasteiger partial charge in [-0.25, -0.2) is 4.84 Å². The largest absolute Gasteiger partial charge is 0.497 e. The van der Waals surface area contributed by atoms with Gasteiger partial charge in [-0.15, -0.1) is 10.1 Å². The predicted octanol–water partition coefficient (Wildman–Crippen LogP) is 3.31. The minimum absolute atomic E-state index is 0.292. The van der Waals surface area contributed by atoms with Crippen molar-refractivity contribution >= 4 is 0 Å². The van der Waals surface area contributed by atoms with E-state index >= 15 is 0 Å². The molecule has 0 aliphatic carbocycles. The van der Waals surface area contributed by atoms with E-state index in [4.69, 9.17) is 9.57 Å². The van der Waals surface area contributed by atoms with Gasteiger partial charge < -0.3 is 4.74 Å². The fraction of sp³-hybridized carbons (Fsp3) is 0.200. The van der Waals surface area contributed by atoms with Crippen molar-refractivity contribution in [1.82, 2.24) is 5.17 Å². The molecule has 0 aromatic heterocycles. The van der Waals surface area contributed by atoms with Crippen molar-refractivity contribution in [2.45, 2.75) is 13.2 Å². The van der Waals surface area contributed by atoms with E-state index in [2.05, 4.69) is 5.29 Å². The number of hydrogen-bond donors (Lipinski definition) is 0. The maximum absolute atomic E-state index is 10.8. The lowest BCUT2D eigenvalue weighted by Crippen LogP contribution is -2.16. The smallest absolute Gasteiger partial charge is 0.118 e. The maximum atomic E-state index is 10.8. The first-order valence-corrected chi connectivity index (χ1v) is 6.22. The summed E-state index contributed by atoms with van der Waals surface area (Å²) in [5, 5.41) is 3.91. The Morgan fingerprint density at radius 2 is 1.70 bits per heavy atom. The third-order valence-electron chi connectivity index (χ3n) is 2.79. The van der Waals surface area contributed by atoms with Gasteiger partial charge in [0.25, 0.3) is 0 Å². The van der Waals surface area contributed by atoms with Crippen LogP contribution in [-0.4, -0.2) is 12.3 Å². The van der Waals surface area contributed by atoms with Crippen molar-refractivity contribution in [3.05, 3.63) is 70.6 Å². The molecule has 0 aliphatic rings. The Morgan fingerprint density at radius 1 is 1.00 bits per heavy atom. The summed E-state index contributed by atoms with van der Waals surface area (Å²) in [6.45, 7) is 0.600. The highest BCUT2D eigenvalue weighted by molar-refractivity contribution is 5.26. The van der Waals surface area contributed by atoms with Crippen LogP contribution in [0.15, 0.2) is 59.9 Å². The minimum atomic E-state index is 0.292. The van der Waals surface area contributed by atoms with E-state index in [1.165, 1.54) is 0 Å². The van der Waals surface area contributed by atoms with Gasteiger partial charge in [-0.05, 0) is 23.3 Å². The third kappa shape index (κ3) is 4.07. The van der Waals surface area contributed by atoms with Crippen LogP contribution in [0.4, 0.5) is 0 Å². The summed E-state index contributed by atoms with van der Waals surface area (Å²) in [6.07, 6.45) is 0. The first kappa shape index (κ1) is 14.0.